The Hall–Kier alpha value is -2.70. The third-order valence-corrected chi connectivity index (χ3v) is 3.85. The van der Waals surface area contributed by atoms with Crippen LogP contribution in [0.3, 0.4) is 0 Å². The van der Waals surface area contributed by atoms with E-state index >= 15 is 0 Å². The van der Waals surface area contributed by atoms with E-state index in [9.17, 15) is 19.2 Å². The molecule has 0 saturated heterocycles. The molecule has 1 aliphatic rings. The normalized spacial score (nSPS) is 20.3. The Morgan fingerprint density at radius 1 is 1.16 bits per heavy atom. The zero-order valence-electron chi connectivity index (χ0n) is 14.8. The Morgan fingerprint density at radius 2 is 1.76 bits per heavy atom. The average molecular weight is 347 g/mol. The average Bonchev–Trinajstić information content (AvgIpc) is 2.79. The second-order valence-corrected chi connectivity index (χ2v) is 6.88. The predicted octanol–water partition coefficient (Wildman–Crippen LogP) is 1.75. The number of benzene rings is 1. The fraction of sp³-hybridized carbons (Fsp3) is 0.444. The number of carbonyl (C=O) groups is 4. The van der Waals surface area contributed by atoms with Gasteiger partial charge in [-0.2, -0.15) is 0 Å². The summed E-state index contributed by atoms with van der Waals surface area (Å²) in [7, 11) is 1.09. The number of carbonyl (C=O) groups excluding carboxylic acids is 4. The number of nitrogens with one attached hydrogen (secondary N) is 1. The second kappa shape index (κ2) is 6.31. The van der Waals surface area contributed by atoms with Crippen molar-refractivity contribution in [2.24, 2.45) is 5.92 Å². The van der Waals surface area contributed by atoms with E-state index in [0.717, 1.165) is 14.0 Å². The van der Waals surface area contributed by atoms with Crippen molar-refractivity contribution in [1.29, 1.82) is 0 Å². The Kier molecular flexibility index (Phi) is 4.70. The first kappa shape index (κ1) is 18.6. The third-order valence-electron chi connectivity index (χ3n) is 3.85. The van der Waals surface area contributed by atoms with Gasteiger partial charge in [0.1, 0.15) is 11.4 Å². The highest BCUT2D eigenvalue weighted by molar-refractivity contribution is 6.29. The molecule has 1 aromatic carbocycles. The Balaban J connectivity index is 2.61. The number of Topliss-reactive ketones (excluding diaryl/α,β-unsaturated/α-hetero) is 2. The molecule has 0 unspecified atom stereocenters. The van der Waals surface area contributed by atoms with Gasteiger partial charge in [-0.25, -0.2) is 4.79 Å². The molecule has 0 aliphatic carbocycles. The van der Waals surface area contributed by atoms with Gasteiger partial charge < -0.3 is 14.8 Å². The summed E-state index contributed by atoms with van der Waals surface area (Å²) in [5.41, 5.74) is -2.50. The molecule has 0 spiro atoms. The summed E-state index contributed by atoms with van der Waals surface area (Å²) in [6.07, 6.45) is 0. The van der Waals surface area contributed by atoms with E-state index in [1.165, 1.54) is 6.07 Å². The molecule has 25 heavy (non-hydrogen) atoms. The van der Waals surface area contributed by atoms with Crippen LogP contribution >= 0.6 is 0 Å². The summed E-state index contributed by atoms with van der Waals surface area (Å²) in [5.74, 6) is -5.01. The molecule has 2 atom stereocenters. The third kappa shape index (κ3) is 3.14. The molecule has 1 aliphatic heterocycles. The molecule has 1 heterocycles. The van der Waals surface area contributed by atoms with E-state index in [4.69, 9.17) is 9.47 Å². The van der Waals surface area contributed by atoms with E-state index in [2.05, 4.69) is 5.32 Å². The predicted molar refractivity (Wildman–Crippen MR) is 89.2 cm³/mol. The van der Waals surface area contributed by atoms with Gasteiger partial charge in [0.05, 0.1) is 7.11 Å². The van der Waals surface area contributed by atoms with Gasteiger partial charge in [-0.3, -0.25) is 14.4 Å². The van der Waals surface area contributed by atoms with Crippen LogP contribution in [-0.2, 0) is 23.9 Å². The molecule has 0 fully saturated rings. The second-order valence-electron chi connectivity index (χ2n) is 6.88. The summed E-state index contributed by atoms with van der Waals surface area (Å²) in [4.78, 5) is 50.5. The maximum atomic E-state index is 13.0. The topological polar surface area (TPSA) is 98.8 Å². The minimum absolute atomic E-state index is 0.211. The summed E-state index contributed by atoms with van der Waals surface area (Å²) in [6.45, 7) is 6.03. The number of hydrogen-bond acceptors (Lipinski definition) is 7. The number of anilines is 1. The van der Waals surface area contributed by atoms with E-state index in [1.807, 2.05) is 0 Å². The number of fused-ring (bicyclic) bond motifs is 1. The fourth-order valence-electron chi connectivity index (χ4n) is 2.91. The minimum atomic E-state index is -2.17. The number of rotatable bonds is 4. The lowest BCUT2D eigenvalue weighted by Gasteiger charge is -2.32. The van der Waals surface area contributed by atoms with Crippen molar-refractivity contribution in [1.82, 2.24) is 0 Å². The van der Waals surface area contributed by atoms with Gasteiger partial charge in [-0.05, 0) is 39.8 Å². The molecule has 0 bridgehead atoms. The smallest absolute Gasteiger partial charge is 0.341 e. The summed E-state index contributed by atoms with van der Waals surface area (Å²) < 4.78 is 10.0. The fourth-order valence-corrected chi connectivity index (χ4v) is 2.91. The van der Waals surface area contributed by atoms with Crippen molar-refractivity contribution < 1.29 is 28.7 Å². The maximum Gasteiger partial charge on any atom is 0.341 e. The zero-order valence-corrected chi connectivity index (χ0v) is 14.8. The van der Waals surface area contributed by atoms with E-state index < -0.39 is 40.6 Å². The van der Waals surface area contributed by atoms with Crippen LogP contribution < -0.4 is 5.32 Å². The lowest BCUT2D eigenvalue weighted by Crippen LogP contribution is -2.61. The minimum Gasteiger partial charge on any atom is -0.467 e. The highest BCUT2D eigenvalue weighted by Crippen LogP contribution is 2.39. The van der Waals surface area contributed by atoms with Crippen molar-refractivity contribution in [3.05, 3.63) is 29.8 Å². The molecular weight excluding hydrogens is 326 g/mol. The van der Waals surface area contributed by atoms with Crippen LogP contribution in [0.15, 0.2) is 24.3 Å². The highest BCUT2D eigenvalue weighted by Gasteiger charge is 2.62. The molecule has 1 N–H and O–H groups in total. The Bertz CT molecular complexity index is 748. The standard InChI is InChI=1S/C18H21NO6/c1-10(20)13(15(22)25-17(2,3)4)18(16(23)24-5)14(21)11-8-6-7-9-12(11)19-18/h6-9,13,19H,1-5H3/t13-,18-/m0/s1. The van der Waals surface area contributed by atoms with Crippen LogP contribution in [0.5, 0.6) is 0 Å². The number of hydrogen-bond donors (Lipinski definition) is 1. The zero-order chi connectivity index (χ0) is 19.0. The van der Waals surface area contributed by atoms with Crippen molar-refractivity contribution in [2.75, 3.05) is 12.4 Å². The van der Waals surface area contributed by atoms with Gasteiger partial charge >= 0.3 is 11.9 Å². The number of ketones is 2. The number of methoxy groups -OCH3 is 1. The number of ether oxygens (including phenoxy) is 2. The molecule has 134 valence electrons. The van der Waals surface area contributed by atoms with Gasteiger partial charge in [-0.15, -0.1) is 0 Å². The van der Waals surface area contributed by atoms with Crippen LogP contribution in [0, 0.1) is 5.92 Å². The summed E-state index contributed by atoms with van der Waals surface area (Å²) in [5, 5.41) is 2.75. The van der Waals surface area contributed by atoms with Crippen LogP contribution in [0.1, 0.15) is 38.1 Å². The van der Waals surface area contributed by atoms with E-state index in [1.54, 1.807) is 39.0 Å². The molecule has 0 saturated carbocycles. The van der Waals surface area contributed by atoms with E-state index in [0.29, 0.717) is 5.69 Å². The molecule has 0 radical (unpaired) electrons. The van der Waals surface area contributed by atoms with Gasteiger partial charge in [0.25, 0.3) is 0 Å². The Morgan fingerprint density at radius 3 is 2.24 bits per heavy atom. The van der Waals surface area contributed by atoms with Crippen LogP contribution in [0.2, 0.25) is 0 Å². The first-order valence-electron chi connectivity index (χ1n) is 7.78. The lowest BCUT2D eigenvalue weighted by molar-refractivity contribution is -0.168. The molecule has 7 nitrogen and oxygen atoms in total. The van der Waals surface area contributed by atoms with Gasteiger partial charge in [0, 0.05) is 11.3 Å². The van der Waals surface area contributed by atoms with Gasteiger partial charge in [-0.1, -0.05) is 12.1 Å². The molecule has 0 amide bonds. The molecular formula is C18H21NO6. The van der Waals surface area contributed by atoms with Crippen molar-refractivity contribution in [3.8, 4) is 0 Å². The van der Waals surface area contributed by atoms with Crippen molar-refractivity contribution in [3.63, 3.8) is 0 Å². The maximum absolute atomic E-state index is 13.0. The molecule has 7 heteroatoms. The number of para-hydroxylation sites is 1. The molecule has 2 rings (SSSR count). The Labute approximate surface area is 145 Å². The summed E-state index contributed by atoms with van der Waals surface area (Å²) >= 11 is 0. The monoisotopic (exact) mass is 347 g/mol. The van der Waals surface area contributed by atoms with Crippen LogP contribution in [0.25, 0.3) is 0 Å². The van der Waals surface area contributed by atoms with Crippen LogP contribution in [0.4, 0.5) is 5.69 Å². The van der Waals surface area contributed by atoms with Crippen molar-refractivity contribution in [2.45, 2.75) is 38.8 Å². The highest BCUT2D eigenvalue weighted by atomic mass is 16.6. The van der Waals surface area contributed by atoms with E-state index in [-0.39, 0.29) is 5.56 Å². The van der Waals surface area contributed by atoms with Gasteiger partial charge in [0.15, 0.2) is 5.92 Å². The van der Waals surface area contributed by atoms with Crippen molar-refractivity contribution >= 4 is 29.2 Å². The number of esters is 2. The SMILES string of the molecule is COC(=O)[C@@]1([C@@H](C(C)=O)C(=O)OC(C)(C)C)Nc2ccccc2C1=O. The quantitative estimate of drug-likeness (QED) is 0.654. The first-order chi connectivity index (χ1) is 11.5. The van der Waals surface area contributed by atoms with Crippen LogP contribution in [-0.4, -0.2) is 41.8 Å². The van der Waals surface area contributed by atoms with Gasteiger partial charge in [0.2, 0.25) is 11.3 Å². The molecule has 0 aromatic heterocycles. The first-order valence-corrected chi connectivity index (χ1v) is 7.78. The largest absolute Gasteiger partial charge is 0.467 e. The molecule has 1 aromatic rings. The summed E-state index contributed by atoms with van der Waals surface area (Å²) in [6, 6.07) is 6.40. The lowest BCUT2D eigenvalue weighted by atomic mass is 9.78.